The number of unbranched alkanes of at least 4 members (excludes halogenated alkanes) is 1. The standard InChI is InChI=1S/C39H50ClN3O5S/c1-4-5-15-35-41-37(40)34(25-32(39(45)48-3)24-28-11-7-6-8-12-28)43(35)26-29-18-20-31(21-19-29)36(30-13-9-10-14-30)38(44)42-49(46,47)33-22-16-27(2)17-23-33/h16-23,25,28,30,36H,4-15,24,26H2,1-3H3,(H,42,44)/b32-25+. The fourth-order valence-corrected chi connectivity index (χ4v) is 8.69. The number of imidazole rings is 1. The average molecular weight is 708 g/mol. The molecule has 2 fully saturated rings. The van der Waals surface area contributed by atoms with Crippen LogP contribution >= 0.6 is 11.6 Å². The number of methoxy groups -OCH3 is 1. The Balaban J connectivity index is 1.43. The van der Waals surface area contributed by atoms with E-state index in [-0.39, 0.29) is 16.8 Å². The Morgan fingerprint density at radius 3 is 2.29 bits per heavy atom. The molecule has 1 unspecified atom stereocenters. The number of aromatic nitrogens is 2. The van der Waals surface area contributed by atoms with Crippen molar-refractivity contribution < 1.29 is 22.7 Å². The number of halogens is 1. The number of hydrogen-bond acceptors (Lipinski definition) is 6. The summed E-state index contributed by atoms with van der Waals surface area (Å²) in [7, 11) is -2.59. The fraction of sp³-hybridized carbons (Fsp3) is 0.513. The van der Waals surface area contributed by atoms with Gasteiger partial charge in [-0.1, -0.05) is 112 Å². The lowest BCUT2D eigenvalue weighted by molar-refractivity contribution is -0.136. The van der Waals surface area contributed by atoms with Crippen molar-refractivity contribution in [1.29, 1.82) is 0 Å². The summed E-state index contributed by atoms with van der Waals surface area (Å²) in [6.45, 7) is 4.50. The zero-order chi connectivity index (χ0) is 35.0. The van der Waals surface area contributed by atoms with Crippen LogP contribution in [0, 0.1) is 18.8 Å². The molecule has 0 bridgehead atoms. The zero-order valence-corrected chi connectivity index (χ0v) is 30.6. The SMILES string of the molecule is CCCCc1nc(Cl)c(/C=C(\CC2CCCCC2)C(=O)OC)n1Cc1ccc(C(C(=O)NS(=O)(=O)c2ccc(C)cc2)C2CCCC2)cc1. The first-order chi connectivity index (χ1) is 23.6. The van der Waals surface area contributed by atoms with Crippen LogP contribution in [0.2, 0.25) is 5.15 Å². The van der Waals surface area contributed by atoms with Crippen LogP contribution < -0.4 is 4.72 Å². The predicted molar refractivity (Wildman–Crippen MR) is 194 cm³/mol. The highest BCUT2D eigenvalue weighted by molar-refractivity contribution is 7.90. The van der Waals surface area contributed by atoms with E-state index in [1.807, 2.05) is 37.3 Å². The van der Waals surface area contributed by atoms with Crippen molar-refractivity contribution in [3.05, 3.63) is 87.5 Å². The molecule has 1 aromatic heterocycles. The van der Waals surface area contributed by atoms with Crippen LogP contribution in [-0.4, -0.2) is 37.0 Å². The van der Waals surface area contributed by atoms with Crippen LogP contribution in [0.5, 0.6) is 0 Å². The maximum absolute atomic E-state index is 13.7. The molecule has 2 saturated carbocycles. The van der Waals surface area contributed by atoms with Gasteiger partial charge >= 0.3 is 5.97 Å². The molecule has 1 heterocycles. The summed E-state index contributed by atoms with van der Waals surface area (Å²) < 4.78 is 36.0. The van der Waals surface area contributed by atoms with Gasteiger partial charge in [0.05, 0.1) is 23.6 Å². The van der Waals surface area contributed by atoms with Crippen molar-refractivity contribution in [3.8, 4) is 0 Å². The van der Waals surface area contributed by atoms with E-state index in [0.29, 0.717) is 35.3 Å². The normalized spacial score (nSPS) is 16.9. The number of ether oxygens (including phenoxy) is 1. The van der Waals surface area contributed by atoms with Gasteiger partial charge in [0.2, 0.25) is 5.91 Å². The number of amides is 1. The molecule has 1 amide bonds. The monoisotopic (exact) mass is 707 g/mol. The molecule has 0 aliphatic heterocycles. The lowest BCUT2D eigenvalue weighted by Gasteiger charge is -2.23. The number of rotatable bonds is 14. The van der Waals surface area contributed by atoms with Crippen molar-refractivity contribution in [1.82, 2.24) is 14.3 Å². The van der Waals surface area contributed by atoms with Gasteiger partial charge in [0.25, 0.3) is 10.0 Å². The average Bonchev–Trinajstić information content (AvgIpc) is 3.72. The summed E-state index contributed by atoms with van der Waals surface area (Å²) in [5.74, 6) is -0.0595. The van der Waals surface area contributed by atoms with Gasteiger partial charge in [-0.25, -0.2) is 22.9 Å². The largest absolute Gasteiger partial charge is 0.466 e. The molecule has 0 saturated heterocycles. The van der Waals surface area contributed by atoms with Crippen LogP contribution in [0.4, 0.5) is 0 Å². The Hall–Kier alpha value is -3.43. The molecule has 2 aliphatic rings. The van der Waals surface area contributed by atoms with E-state index in [2.05, 4.69) is 16.2 Å². The molecule has 0 radical (unpaired) electrons. The lowest BCUT2D eigenvalue weighted by Crippen LogP contribution is -2.37. The Kier molecular flexibility index (Phi) is 12.8. The predicted octanol–water partition coefficient (Wildman–Crippen LogP) is 8.54. The van der Waals surface area contributed by atoms with Crippen LogP contribution in [0.15, 0.2) is 59.0 Å². The van der Waals surface area contributed by atoms with Crippen LogP contribution in [0.25, 0.3) is 6.08 Å². The number of sulfonamides is 1. The van der Waals surface area contributed by atoms with Crippen LogP contribution in [-0.2, 0) is 37.3 Å². The Labute approximate surface area is 296 Å². The van der Waals surface area contributed by atoms with Crippen LogP contribution in [0.1, 0.15) is 118 Å². The first kappa shape index (κ1) is 36.8. The van der Waals surface area contributed by atoms with Crippen molar-refractivity contribution in [3.63, 3.8) is 0 Å². The van der Waals surface area contributed by atoms with E-state index in [1.54, 1.807) is 12.1 Å². The molecule has 5 rings (SSSR count). The van der Waals surface area contributed by atoms with Crippen molar-refractivity contribution in [2.45, 2.75) is 115 Å². The molecular weight excluding hydrogens is 658 g/mol. The molecule has 1 N–H and O–H groups in total. The highest BCUT2D eigenvalue weighted by atomic mass is 35.5. The van der Waals surface area contributed by atoms with Gasteiger partial charge in [0.15, 0.2) is 5.15 Å². The van der Waals surface area contributed by atoms with Crippen molar-refractivity contribution >= 4 is 39.6 Å². The number of nitrogens with one attached hydrogen (secondary N) is 1. The zero-order valence-electron chi connectivity index (χ0n) is 29.0. The molecule has 3 aromatic rings. The summed E-state index contributed by atoms with van der Waals surface area (Å²) in [5.41, 5.74) is 4.02. The van der Waals surface area contributed by atoms with E-state index in [0.717, 1.165) is 80.3 Å². The molecule has 0 spiro atoms. The number of nitrogens with zero attached hydrogens (tertiary/aromatic N) is 2. The third kappa shape index (κ3) is 9.43. The summed E-state index contributed by atoms with van der Waals surface area (Å²) in [6.07, 6.45) is 14.8. The van der Waals surface area contributed by atoms with Gasteiger partial charge in [0.1, 0.15) is 5.82 Å². The van der Waals surface area contributed by atoms with Crippen LogP contribution in [0.3, 0.4) is 0 Å². The van der Waals surface area contributed by atoms with Gasteiger partial charge in [-0.3, -0.25) is 4.79 Å². The highest BCUT2D eigenvalue weighted by Crippen LogP contribution is 2.38. The third-order valence-electron chi connectivity index (χ3n) is 10.2. The number of carbonyl (C=O) groups excluding carboxylic acids is 2. The Bertz CT molecular complexity index is 1720. The second kappa shape index (κ2) is 17.0. The number of aryl methyl sites for hydroxylation is 2. The fourth-order valence-electron chi connectivity index (χ4n) is 7.43. The minimum atomic E-state index is -4.01. The molecule has 2 aliphatic carbocycles. The summed E-state index contributed by atoms with van der Waals surface area (Å²) in [5, 5.41) is 0.362. The molecule has 264 valence electrons. The molecule has 2 aromatic carbocycles. The van der Waals surface area contributed by atoms with Gasteiger partial charge in [-0.15, -0.1) is 0 Å². The third-order valence-corrected chi connectivity index (χ3v) is 11.8. The second-order valence-electron chi connectivity index (χ2n) is 13.8. The quantitative estimate of drug-likeness (QED) is 0.133. The van der Waals surface area contributed by atoms with E-state index < -0.39 is 21.8 Å². The summed E-state index contributed by atoms with van der Waals surface area (Å²) in [6, 6.07) is 14.4. The van der Waals surface area contributed by atoms with Gasteiger partial charge in [-0.05, 0) is 73.8 Å². The maximum Gasteiger partial charge on any atom is 0.333 e. The Morgan fingerprint density at radius 1 is 1.00 bits per heavy atom. The number of carbonyl (C=O) groups is 2. The van der Waals surface area contributed by atoms with E-state index in [1.165, 1.54) is 38.5 Å². The number of esters is 1. The molecule has 10 heteroatoms. The Morgan fingerprint density at radius 2 is 1.65 bits per heavy atom. The maximum atomic E-state index is 13.7. The summed E-state index contributed by atoms with van der Waals surface area (Å²) >= 11 is 6.79. The van der Waals surface area contributed by atoms with Gasteiger partial charge in [-0.2, -0.15) is 0 Å². The molecule has 1 atom stereocenters. The topological polar surface area (TPSA) is 107 Å². The summed E-state index contributed by atoms with van der Waals surface area (Å²) in [4.78, 5) is 31.5. The minimum absolute atomic E-state index is 0.0600. The lowest BCUT2D eigenvalue weighted by atomic mass is 9.84. The van der Waals surface area contributed by atoms with E-state index in [9.17, 15) is 18.0 Å². The molecule has 8 nitrogen and oxygen atoms in total. The molecule has 49 heavy (non-hydrogen) atoms. The number of benzene rings is 2. The van der Waals surface area contributed by atoms with Crippen molar-refractivity contribution in [2.24, 2.45) is 11.8 Å². The first-order valence-electron chi connectivity index (χ1n) is 17.9. The second-order valence-corrected chi connectivity index (χ2v) is 15.9. The van der Waals surface area contributed by atoms with Gasteiger partial charge in [0, 0.05) is 18.5 Å². The highest BCUT2D eigenvalue weighted by Gasteiger charge is 2.34. The number of hydrogen-bond donors (Lipinski definition) is 1. The van der Waals surface area contributed by atoms with Gasteiger partial charge < -0.3 is 9.30 Å². The first-order valence-corrected chi connectivity index (χ1v) is 19.7. The van der Waals surface area contributed by atoms with E-state index >= 15 is 0 Å². The minimum Gasteiger partial charge on any atom is -0.466 e. The van der Waals surface area contributed by atoms with E-state index in [4.69, 9.17) is 21.3 Å². The van der Waals surface area contributed by atoms with Crippen molar-refractivity contribution in [2.75, 3.05) is 7.11 Å². The smallest absolute Gasteiger partial charge is 0.333 e. The molecular formula is C39H50ClN3O5S.